The summed E-state index contributed by atoms with van der Waals surface area (Å²) >= 11 is 6.13. The molecule has 6 rings (SSSR count). The number of nitrogens with one attached hydrogen (secondary N) is 1. The molecule has 0 saturated carbocycles. The molecule has 2 aliphatic rings. The van der Waals surface area contributed by atoms with Crippen molar-refractivity contribution in [2.75, 3.05) is 11.4 Å². The highest BCUT2D eigenvalue weighted by Crippen LogP contribution is 2.42. The summed E-state index contributed by atoms with van der Waals surface area (Å²) in [5.41, 5.74) is 4.73. The first-order chi connectivity index (χ1) is 20.7. The van der Waals surface area contributed by atoms with Gasteiger partial charge in [-0.15, -0.1) is 0 Å². The molecule has 1 aromatic heterocycles. The minimum atomic E-state index is -0.419. The monoisotopic (exact) mass is 601 g/mol. The summed E-state index contributed by atoms with van der Waals surface area (Å²) in [4.78, 5) is 32.9. The number of hydrogen-bond acceptors (Lipinski definition) is 5. The number of imide groups is 1. The first-order valence-electron chi connectivity index (χ1n) is 14.4. The van der Waals surface area contributed by atoms with Crippen LogP contribution in [0.15, 0.2) is 66.9 Å². The van der Waals surface area contributed by atoms with Crippen LogP contribution in [0.4, 0.5) is 15.0 Å². The van der Waals surface area contributed by atoms with Crippen LogP contribution in [0, 0.1) is 5.82 Å². The van der Waals surface area contributed by atoms with Gasteiger partial charge in [-0.3, -0.25) is 19.9 Å². The van der Waals surface area contributed by atoms with Crippen LogP contribution in [0.5, 0.6) is 5.75 Å². The normalized spacial score (nSPS) is 16.3. The quantitative estimate of drug-likeness (QED) is 0.245. The lowest BCUT2D eigenvalue weighted by molar-refractivity contribution is -0.120. The van der Waals surface area contributed by atoms with Gasteiger partial charge in [0.25, 0.3) is 0 Å². The molecule has 43 heavy (non-hydrogen) atoms. The Kier molecular flexibility index (Phi) is 7.70. The first-order valence-corrected chi connectivity index (χ1v) is 14.7. The minimum Gasteiger partial charge on any atom is -0.489 e. The maximum absolute atomic E-state index is 14.1. The predicted molar refractivity (Wildman–Crippen MR) is 163 cm³/mol. The Morgan fingerprint density at radius 3 is 2.60 bits per heavy atom. The number of nitrogens with zero attached hydrogens (tertiary/aromatic N) is 4. The van der Waals surface area contributed by atoms with Crippen molar-refractivity contribution in [2.45, 2.75) is 59.0 Å². The molecule has 0 aliphatic carbocycles. The highest BCUT2D eigenvalue weighted by atomic mass is 35.5. The number of amides is 3. The number of aromatic nitrogens is 2. The number of fused-ring (bicyclic) bond motifs is 1. The molecule has 10 heteroatoms. The SMILES string of the molecule is CCn1c(N2CCC(=O)NC2=O)cnc1-c1ccc2c(c1)C(C)(C)N(Cc1ccc(OCc3c(F)cccc3Cl)cc1)C2. The molecule has 0 spiro atoms. The molecular formula is C33H33ClFN5O3. The third-order valence-electron chi connectivity index (χ3n) is 8.40. The molecule has 0 radical (unpaired) electrons. The van der Waals surface area contributed by atoms with E-state index in [0.29, 0.717) is 35.2 Å². The van der Waals surface area contributed by atoms with Crippen LogP contribution in [0.3, 0.4) is 0 Å². The zero-order valence-corrected chi connectivity index (χ0v) is 25.1. The molecule has 0 bridgehead atoms. The lowest BCUT2D eigenvalue weighted by Crippen LogP contribution is -2.50. The zero-order valence-electron chi connectivity index (χ0n) is 24.4. The second-order valence-electron chi connectivity index (χ2n) is 11.4. The van der Waals surface area contributed by atoms with Crippen molar-refractivity contribution in [3.8, 4) is 17.1 Å². The molecule has 3 amide bonds. The number of anilines is 1. The third kappa shape index (κ3) is 5.50. The summed E-state index contributed by atoms with van der Waals surface area (Å²) in [7, 11) is 0. The summed E-state index contributed by atoms with van der Waals surface area (Å²) in [5.74, 6) is 1.47. The van der Waals surface area contributed by atoms with E-state index in [2.05, 4.69) is 42.3 Å². The average molecular weight is 602 g/mol. The van der Waals surface area contributed by atoms with Gasteiger partial charge in [0.05, 0.1) is 11.2 Å². The molecule has 3 aromatic carbocycles. The van der Waals surface area contributed by atoms with Crippen LogP contribution in [0.1, 0.15) is 49.4 Å². The van der Waals surface area contributed by atoms with Gasteiger partial charge < -0.3 is 9.30 Å². The lowest BCUT2D eigenvalue weighted by Gasteiger charge is -2.32. The van der Waals surface area contributed by atoms with Gasteiger partial charge in [-0.2, -0.15) is 0 Å². The fourth-order valence-electron chi connectivity index (χ4n) is 5.89. The highest BCUT2D eigenvalue weighted by Gasteiger charge is 2.37. The van der Waals surface area contributed by atoms with Crippen LogP contribution in [0.2, 0.25) is 5.02 Å². The van der Waals surface area contributed by atoms with Crippen LogP contribution in [-0.2, 0) is 36.6 Å². The van der Waals surface area contributed by atoms with Crippen LogP contribution < -0.4 is 15.0 Å². The number of hydrogen-bond donors (Lipinski definition) is 1. The molecule has 4 aromatic rings. The van der Waals surface area contributed by atoms with Gasteiger partial charge in [-0.05, 0) is 67.8 Å². The third-order valence-corrected chi connectivity index (χ3v) is 8.76. The van der Waals surface area contributed by atoms with Crippen LogP contribution in [0.25, 0.3) is 11.4 Å². The van der Waals surface area contributed by atoms with Gasteiger partial charge in [0.1, 0.15) is 29.8 Å². The topological polar surface area (TPSA) is 79.7 Å². The van der Waals surface area contributed by atoms with Crippen molar-refractivity contribution in [3.63, 3.8) is 0 Å². The minimum absolute atomic E-state index is 0.0598. The van der Waals surface area contributed by atoms with Crippen LogP contribution in [-0.4, -0.2) is 32.9 Å². The molecule has 2 aliphatic heterocycles. The summed E-state index contributed by atoms with van der Waals surface area (Å²) in [6.45, 7) is 9.04. The van der Waals surface area contributed by atoms with Crippen molar-refractivity contribution >= 4 is 29.4 Å². The van der Waals surface area contributed by atoms with E-state index in [0.717, 1.165) is 30.0 Å². The molecule has 222 valence electrons. The molecule has 1 saturated heterocycles. The van der Waals surface area contributed by atoms with Crippen molar-refractivity contribution in [2.24, 2.45) is 0 Å². The average Bonchev–Trinajstić information content (AvgIpc) is 3.51. The van der Waals surface area contributed by atoms with E-state index in [4.69, 9.17) is 21.3 Å². The number of ether oxygens (including phenoxy) is 1. The van der Waals surface area contributed by atoms with E-state index in [1.165, 1.54) is 17.2 Å². The summed E-state index contributed by atoms with van der Waals surface area (Å²) in [6.07, 6.45) is 1.97. The van der Waals surface area contributed by atoms with Gasteiger partial charge in [-0.25, -0.2) is 14.2 Å². The molecule has 1 fully saturated rings. The maximum atomic E-state index is 14.1. The first kappa shape index (κ1) is 28.9. The molecule has 0 atom stereocenters. The van der Waals surface area contributed by atoms with E-state index in [1.54, 1.807) is 23.2 Å². The van der Waals surface area contributed by atoms with Gasteiger partial charge in [0.15, 0.2) is 0 Å². The van der Waals surface area contributed by atoms with E-state index >= 15 is 0 Å². The maximum Gasteiger partial charge on any atom is 0.329 e. The van der Waals surface area contributed by atoms with E-state index in [1.807, 2.05) is 35.8 Å². The van der Waals surface area contributed by atoms with Gasteiger partial charge in [0, 0.05) is 49.3 Å². The Labute approximate surface area is 255 Å². The Morgan fingerprint density at radius 1 is 1.09 bits per heavy atom. The largest absolute Gasteiger partial charge is 0.489 e. The number of benzene rings is 3. The molecule has 1 N–H and O–H groups in total. The van der Waals surface area contributed by atoms with Crippen molar-refractivity contribution in [1.29, 1.82) is 0 Å². The van der Waals surface area contributed by atoms with Crippen molar-refractivity contribution in [3.05, 3.63) is 100.0 Å². The number of halogens is 2. The molecule has 0 unspecified atom stereocenters. The number of carbonyl (C=O) groups excluding carboxylic acids is 2. The summed E-state index contributed by atoms with van der Waals surface area (Å²) in [5, 5.41) is 2.74. The lowest BCUT2D eigenvalue weighted by atomic mass is 9.91. The fourth-order valence-corrected chi connectivity index (χ4v) is 6.11. The Morgan fingerprint density at radius 2 is 1.88 bits per heavy atom. The van der Waals surface area contributed by atoms with E-state index in [9.17, 15) is 14.0 Å². The number of urea groups is 1. The van der Waals surface area contributed by atoms with Gasteiger partial charge in [-0.1, -0.05) is 41.9 Å². The second-order valence-corrected chi connectivity index (χ2v) is 11.8. The highest BCUT2D eigenvalue weighted by molar-refractivity contribution is 6.31. The van der Waals surface area contributed by atoms with Gasteiger partial charge >= 0.3 is 6.03 Å². The smallest absolute Gasteiger partial charge is 0.329 e. The van der Waals surface area contributed by atoms with Gasteiger partial charge in [0.2, 0.25) is 5.91 Å². The fraction of sp³-hybridized carbons (Fsp3) is 0.303. The van der Waals surface area contributed by atoms with Crippen molar-refractivity contribution < 1.29 is 18.7 Å². The summed E-state index contributed by atoms with van der Waals surface area (Å²) in [6, 6.07) is 18.5. The molecular weight excluding hydrogens is 569 g/mol. The van der Waals surface area contributed by atoms with E-state index < -0.39 is 6.03 Å². The van der Waals surface area contributed by atoms with Crippen molar-refractivity contribution in [1.82, 2.24) is 19.8 Å². The summed E-state index contributed by atoms with van der Waals surface area (Å²) < 4.78 is 21.9. The Balaban J connectivity index is 1.17. The predicted octanol–water partition coefficient (Wildman–Crippen LogP) is 6.64. The Bertz CT molecular complexity index is 1680. The second kappa shape index (κ2) is 11.5. The number of rotatable bonds is 8. The number of imidazole rings is 1. The standard InChI is InChI=1S/C33H33ClFN5O3/c1-4-39-30(40-15-14-29(41)37-32(40)42)17-36-31(39)22-10-11-23-19-38(33(2,3)26(23)16-22)18-21-8-12-24(13-9-21)43-20-25-27(34)6-5-7-28(25)35/h5-13,16-17H,4,14-15,18-20H2,1-3H3,(H,37,41,42). The van der Waals surface area contributed by atoms with E-state index in [-0.39, 0.29) is 30.3 Å². The Hall–Kier alpha value is -4.21. The molecule has 8 nitrogen and oxygen atoms in total. The zero-order chi connectivity index (χ0) is 30.3. The van der Waals surface area contributed by atoms with Crippen LogP contribution >= 0.6 is 11.6 Å². The molecule has 3 heterocycles. The number of carbonyl (C=O) groups is 2.